The van der Waals surface area contributed by atoms with Gasteiger partial charge in [-0.3, -0.25) is 0 Å². The quantitative estimate of drug-likeness (QED) is 0.938. The predicted octanol–water partition coefficient (Wildman–Crippen LogP) is 3.64. The fourth-order valence-corrected chi connectivity index (χ4v) is 2.83. The highest BCUT2D eigenvalue weighted by atomic mass is 15.1. The molecule has 23 heavy (non-hydrogen) atoms. The van der Waals surface area contributed by atoms with Gasteiger partial charge in [0, 0.05) is 30.2 Å². The van der Waals surface area contributed by atoms with Crippen molar-refractivity contribution in [2.45, 2.75) is 26.7 Å². The van der Waals surface area contributed by atoms with E-state index in [-0.39, 0.29) is 0 Å². The molecule has 0 amide bonds. The van der Waals surface area contributed by atoms with Crippen LogP contribution in [-0.4, -0.2) is 23.1 Å². The zero-order valence-electron chi connectivity index (χ0n) is 13.6. The van der Waals surface area contributed by atoms with Gasteiger partial charge in [0.15, 0.2) is 0 Å². The molecule has 0 saturated carbocycles. The maximum Gasteiger partial charge on any atom is 0.228 e. The Balaban J connectivity index is 1.70. The number of hydrogen-bond donors (Lipinski definition) is 1. The number of piperidine rings is 1. The number of aryl methyl sites for hydroxylation is 1. The van der Waals surface area contributed by atoms with Crippen molar-refractivity contribution in [3.8, 4) is 6.07 Å². The van der Waals surface area contributed by atoms with E-state index < -0.39 is 0 Å². The minimum atomic E-state index is 0.374. The zero-order chi connectivity index (χ0) is 16.2. The van der Waals surface area contributed by atoms with E-state index in [4.69, 9.17) is 5.26 Å². The molecule has 1 aliphatic heterocycles. The first-order chi connectivity index (χ1) is 11.1. The largest absolute Gasteiger partial charge is 0.372 e. The molecule has 0 spiro atoms. The topological polar surface area (TPSA) is 64.8 Å². The van der Waals surface area contributed by atoms with Gasteiger partial charge < -0.3 is 10.2 Å². The van der Waals surface area contributed by atoms with Crippen molar-refractivity contribution < 1.29 is 0 Å². The average Bonchev–Trinajstić information content (AvgIpc) is 2.56. The molecule has 0 unspecified atom stereocenters. The lowest BCUT2D eigenvalue weighted by atomic mass is 9.99. The third kappa shape index (κ3) is 3.78. The fraction of sp³-hybridized carbons (Fsp3) is 0.389. The van der Waals surface area contributed by atoms with Crippen LogP contribution < -0.4 is 10.2 Å². The van der Waals surface area contributed by atoms with Crippen molar-refractivity contribution in [3.05, 3.63) is 41.7 Å². The van der Waals surface area contributed by atoms with Crippen molar-refractivity contribution in [1.82, 2.24) is 9.97 Å². The van der Waals surface area contributed by atoms with Gasteiger partial charge >= 0.3 is 0 Å². The van der Waals surface area contributed by atoms with E-state index in [0.29, 0.717) is 11.6 Å². The standard InChI is InChI=1S/C18H21N5/c1-13-7-9-23(10-8-13)17-5-3-15(4-6-17)21-18-20-14(2)11-16(12-19)22-18/h3-6,11,13H,7-10H2,1-2H3,(H,20,21,22). The Morgan fingerprint density at radius 3 is 2.52 bits per heavy atom. The van der Waals surface area contributed by atoms with Crippen LogP contribution >= 0.6 is 0 Å². The summed E-state index contributed by atoms with van der Waals surface area (Å²) in [6, 6.07) is 12.0. The molecule has 5 nitrogen and oxygen atoms in total. The summed E-state index contributed by atoms with van der Waals surface area (Å²) in [5.74, 6) is 1.29. The molecule has 0 bridgehead atoms. The number of anilines is 3. The van der Waals surface area contributed by atoms with Gasteiger partial charge in [0.2, 0.25) is 5.95 Å². The number of nitriles is 1. The van der Waals surface area contributed by atoms with Crippen LogP contribution in [0.2, 0.25) is 0 Å². The molecule has 1 aliphatic rings. The SMILES string of the molecule is Cc1cc(C#N)nc(Nc2ccc(N3CCC(C)CC3)cc2)n1. The Hall–Kier alpha value is -2.61. The van der Waals surface area contributed by atoms with Crippen molar-refractivity contribution in [2.24, 2.45) is 5.92 Å². The second-order valence-corrected chi connectivity index (χ2v) is 6.17. The minimum Gasteiger partial charge on any atom is -0.372 e. The first-order valence-corrected chi connectivity index (χ1v) is 8.02. The lowest BCUT2D eigenvalue weighted by Gasteiger charge is -2.32. The summed E-state index contributed by atoms with van der Waals surface area (Å²) in [4.78, 5) is 10.9. The lowest BCUT2D eigenvalue weighted by molar-refractivity contribution is 0.438. The van der Waals surface area contributed by atoms with Crippen LogP contribution in [0.5, 0.6) is 0 Å². The van der Waals surface area contributed by atoms with E-state index in [0.717, 1.165) is 30.4 Å². The monoisotopic (exact) mass is 307 g/mol. The second-order valence-electron chi connectivity index (χ2n) is 6.17. The Labute approximate surface area is 137 Å². The number of aromatic nitrogens is 2. The van der Waals surface area contributed by atoms with E-state index >= 15 is 0 Å². The summed E-state index contributed by atoms with van der Waals surface area (Å²) in [6.07, 6.45) is 2.52. The van der Waals surface area contributed by atoms with Crippen LogP contribution in [-0.2, 0) is 0 Å². The molecule has 118 valence electrons. The number of rotatable bonds is 3. The number of benzene rings is 1. The molecule has 0 radical (unpaired) electrons. The summed E-state index contributed by atoms with van der Waals surface area (Å²) in [5.41, 5.74) is 3.33. The molecule has 0 atom stereocenters. The highest BCUT2D eigenvalue weighted by Gasteiger charge is 2.15. The molecule has 3 rings (SSSR count). The third-order valence-corrected chi connectivity index (χ3v) is 4.24. The fourth-order valence-electron chi connectivity index (χ4n) is 2.83. The van der Waals surface area contributed by atoms with E-state index in [1.54, 1.807) is 6.07 Å². The molecule has 1 aromatic heterocycles. The molecule has 1 fully saturated rings. The van der Waals surface area contributed by atoms with Gasteiger partial charge in [-0.25, -0.2) is 9.97 Å². The minimum absolute atomic E-state index is 0.374. The van der Waals surface area contributed by atoms with Gasteiger partial charge in [-0.1, -0.05) is 6.92 Å². The van der Waals surface area contributed by atoms with Gasteiger partial charge in [0.05, 0.1) is 0 Å². The van der Waals surface area contributed by atoms with Crippen LogP contribution in [0.4, 0.5) is 17.3 Å². The molecule has 1 N–H and O–H groups in total. The molecule has 0 aliphatic carbocycles. The number of hydrogen-bond acceptors (Lipinski definition) is 5. The maximum absolute atomic E-state index is 8.98. The third-order valence-electron chi connectivity index (χ3n) is 4.24. The molecule has 1 saturated heterocycles. The number of nitrogens with one attached hydrogen (secondary N) is 1. The van der Waals surface area contributed by atoms with E-state index in [1.807, 2.05) is 19.1 Å². The second kappa shape index (κ2) is 6.66. The van der Waals surface area contributed by atoms with Gasteiger partial charge in [-0.05, 0) is 56.0 Å². The van der Waals surface area contributed by atoms with Gasteiger partial charge in [-0.2, -0.15) is 5.26 Å². The van der Waals surface area contributed by atoms with Crippen LogP contribution in [0.15, 0.2) is 30.3 Å². The highest BCUT2D eigenvalue weighted by molar-refractivity contribution is 5.59. The molecule has 5 heteroatoms. The van der Waals surface area contributed by atoms with Crippen molar-refractivity contribution >= 4 is 17.3 Å². The summed E-state index contributed by atoms with van der Waals surface area (Å²) < 4.78 is 0. The van der Waals surface area contributed by atoms with E-state index in [2.05, 4.69) is 45.3 Å². The molecular formula is C18H21N5. The predicted molar refractivity (Wildman–Crippen MR) is 91.8 cm³/mol. The van der Waals surface area contributed by atoms with Crippen molar-refractivity contribution in [1.29, 1.82) is 5.26 Å². The first-order valence-electron chi connectivity index (χ1n) is 8.02. The van der Waals surface area contributed by atoms with Gasteiger partial charge in [0.1, 0.15) is 11.8 Å². The Bertz CT molecular complexity index is 709. The van der Waals surface area contributed by atoms with Gasteiger partial charge in [-0.15, -0.1) is 0 Å². The summed E-state index contributed by atoms with van der Waals surface area (Å²) in [5, 5.41) is 12.1. The van der Waals surface area contributed by atoms with Crippen molar-refractivity contribution in [2.75, 3.05) is 23.3 Å². The smallest absolute Gasteiger partial charge is 0.228 e. The first kappa shape index (κ1) is 15.3. The van der Waals surface area contributed by atoms with Crippen LogP contribution in [0.25, 0.3) is 0 Å². The summed E-state index contributed by atoms with van der Waals surface area (Å²) >= 11 is 0. The van der Waals surface area contributed by atoms with Crippen LogP contribution in [0.1, 0.15) is 31.2 Å². The molecule has 2 aromatic rings. The summed E-state index contributed by atoms with van der Waals surface area (Å²) in [6.45, 7) is 6.43. The van der Waals surface area contributed by atoms with E-state index in [9.17, 15) is 0 Å². The van der Waals surface area contributed by atoms with E-state index in [1.165, 1.54) is 18.5 Å². The molecule has 1 aromatic carbocycles. The highest BCUT2D eigenvalue weighted by Crippen LogP contribution is 2.25. The maximum atomic E-state index is 8.98. The Morgan fingerprint density at radius 1 is 1.17 bits per heavy atom. The van der Waals surface area contributed by atoms with Crippen molar-refractivity contribution in [3.63, 3.8) is 0 Å². The Morgan fingerprint density at radius 2 is 1.87 bits per heavy atom. The normalized spacial score (nSPS) is 15.3. The van der Waals surface area contributed by atoms with Crippen LogP contribution in [0.3, 0.4) is 0 Å². The number of nitrogens with zero attached hydrogens (tertiary/aromatic N) is 4. The summed E-state index contributed by atoms with van der Waals surface area (Å²) in [7, 11) is 0. The Kier molecular flexibility index (Phi) is 4.42. The lowest BCUT2D eigenvalue weighted by Crippen LogP contribution is -2.32. The van der Waals surface area contributed by atoms with Crippen LogP contribution in [0, 0.1) is 24.2 Å². The van der Waals surface area contributed by atoms with Gasteiger partial charge in [0.25, 0.3) is 0 Å². The average molecular weight is 307 g/mol. The zero-order valence-corrected chi connectivity index (χ0v) is 13.6. The molecular weight excluding hydrogens is 286 g/mol. The molecule has 2 heterocycles.